The van der Waals surface area contributed by atoms with Crippen LogP contribution in [0.15, 0.2) is 24.5 Å². The average Bonchev–Trinajstić information content (AvgIpc) is 3.46. The van der Waals surface area contributed by atoms with Crippen LogP contribution in [0.1, 0.15) is 25.7 Å². The molecule has 3 N–H and O–H groups in total. The van der Waals surface area contributed by atoms with Crippen LogP contribution in [0.25, 0.3) is 33.1 Å². The molecule has 180 valence electrons. The van der Waals surface area contributed by atoms with Gasteiger partial charge < -0.3 is 15.4 Å². The molecule has 3 saturated carbocycles. The van der Waals surface area contributed by atoms with E-state index in [4.69, 9.17) is 11.6 Å². The first kappa shape index (κ1) is 22.3. The molecule has 4 aromatic rings. The van der Waals surface area contributed by atoms with E-state index in [1.807, 2.05) is 0 Å². The smallest absolute Gasteiger partial charge is 0.308 e. The van der Waals surface area contributed by atoms with Crippen molar-refractivity contribution >= 4 is 45.9 Å². The minimum Gasteiger partial charge on any atom is -0.481 e. The number of nitrogens with one attached hydrogen (secondary N) is 2. The Morgan fingerprint density at radius 3 is 2.63 bits per heavy atom. The maximum atomic E-state index is 15.8. The molecule has 4 heterocycles. The lowest BCUT2D eigenvalue weighted by Crippen LogP contribution is -2.51. The van der Waals surface area contributed by atoms with Crippen LogP contribution in [-0.2, 0) is 4.79 Å². The van der Waals surface area contributed by atoms with Gasteiger partial charge in [-0.3, -0.25) is 4.79 Å². The van der Waals surface area contributed by atoms with E-state index in [1.54, 1.807) is 12.1 Å². The quantitative estimate of drug-likeness (QED) is 0.326. The molecule has 12 heteroatoms. The third kappa shape index (κ3) is 3.82. The predicted molar refractivity (Wildman–Crippen MR) is 127 cm³/mol. The summed E-state index contributed by atoms with van der Waals surface area (Å²) in [5, 5.41) is 13.1. The zero-order valence-corrected chi connectivity index (χ0v) is 19.7. The number of aromatic amines is 1. The van der Waals surface area contributed by atoms with Crippen LogP contribution in [0.4, 0.5) is 14.6 Å². The second kappa shape index (κ2) is 8.49. The molecule has 0 spiro atoms. The van der Waals surface area contributed by atoms with Gasteiger partial charge in [0.15, 0.2) is 23.1 Å². The van der Waals surface area contributed by atoms with Gasteiger partial charge in [0.25, 0.3) is 0 Å². The Balaban J connectivity index is 1.50. The van der Waals surface area contributed by atoms with Crippen LogP contribution in [0, 0.1) is 29.5 Å². The van der Waals surface area contributed by atoms with Crippen molar-refractivity contribution in [3.05, 3.63) is 40.6 Å². The fourth-order valence-electron chi connectivity index (χ4n) is 5.48. The molecule has 3 aliphatic rings. The number of anilines is 1. The van der Waals surface area contributed by atoms with Crippen LogP contribution in [-0.4, -0.2) is 42.0 Å². The molecule has 0 aliphatic heterocycles. The van der Waals surface area contributed by atoms with Crippen molar-refractivity contribution in [2.45, 2.75) is 31.7 Å². The number of carbonyl (C=O) groups is 1. The van der Waals surface area contributed by atoms with Gasteiger partial charge in [-0.25, -0.2) is 24.3 Å². The number of rotatable bonds is 5. The lowest BCUT2D eigenvalue weighted by Gasteiger charge is -2.47. The maximum absolute atomic E-state index is 15.8. The summed E-state index contributed by atoms with van der Waals surface area (Å²) < 4.78 is 30.1. The molecule has 2 bridgehead atoms. The molecule has 2 atom stereocenters. The minimum absolute atomic E-state index is 0.0148. The van der Waals surface area contributed by atoms with E-state index in [2.05, 4.69) is 30.2 Å². The summed E-state index contributed by atoms with van der Waals surface area (Å²) in [5.41, 5.74) is 0.901. The summed E-state index contributed by atoms with van der Waals surface area (Å²) >= 11 is 7.25. The molecule has 2 unspecified atom stereocenters. The maximum Gasteiger partial charge on any atom is 0.308 e. The molecule has 0 radical (unpaired) electrons. The summed E-state index contributed by atoms with van der Waals surface area (Å²) in [6.45, 7) is 0. The standard InChI is InChI=1S/C23H19ClF2N6O2S/c24-13-6-5-12(35-13)19-16(26)21(30-17-10-3-1-9(2-4-10)15(17)23(33)34)32-20(31-19)11-7-27-22-18(11)29-14(25)8-28-22/h5-10,15,17H,1-4H2,(H,27,28)(H,33,34)(H,30,31,32). The second-order valence-corrected chi connectivity index (χ2v) is 10.7. The summed E-state index contributed by atoms with van der Waals surface area (Å²) in [4.78, 5) is 32.3. The number of hydrogen-bond donors (Lipinski definition) is 3. The fraction of sp³-hybridized carbons (Fsp3) is 0.348. The molecule has 0 saturated heterocycles. The Kier molecular flexibility index (Phi) is 5.41. The van der Waals surface area contributed by atoms with Crippen molar-refractivity contribution in [3.8, 4) is 22.0 Å². The molecule has 8 nitrogen and oxygen atoms in total. The van der Waals surface area contributed by atoms with Crippen molar-refractivity contribution in [1.29, 1.82) is 0 Å². The van der Waals surface area contributed by atoms with Crippen LogP contribution in [0.3, 0.4) is 0 Å². The Hall–Kier alpha value is -3.18. The highest BCUT2D eigenvalue weighted by molar-refractivity contribution is 7.19. The van der Waals surface area contributed by atoms with Crippen LogP contribution in [0.5, 0.6) is 0 Å². The number of fused-ring (bicyclic) bond motifs is 4. The number of aromatic nitrogens is 5. The molecule has 7 rings (SSSR count). The topological polar surface area (TPSA) is 117 Å². The molecule has 0 aromatic carbocycles. The fourth-order valence-corrected chi connectivity index (χ4v) is 6.51. The van der Waals surface area contributed by atoms with Crippen molar-refractivity contribution in [2.75, 3.05) is 5.32 Å². The lowest BCUT2D eigenvalue weighted by atomic mass is 9.61. The van der Waals surface area contributed by atoms with E-state index in [0.717, 1.165) is 43.2 Å². The van der Waals surface area contributed by atoms with Gasteiger partial charge in [0, 0.05) is 12.2 Å². The van der Waals surface area contributed by atoms with Gasteiger partial charge in [0.2, 0.25) is 5.95 Å². The first-order valence-electron chi connectivity index (χ1n) is 11.2. The van der Waals surface area contributed by atoms with E-state index >= 15 is 4.39 Å². The highest BCUT2D eigenvalue weighted by Crippen LogP contribution is 2.47. The number of nitrogens with zero attached hydrogens (tertiary/aromatic N) is 4. The number of H-pyrrole nitrogens is 1. The number of aliphatic carboxylic acids is 1. The number of carboxylic acids is 1. The largest absolute Gasteiger partial charge is 0.481 e. The molecular weight excluding hydrogens is 498 g/mol. The van der Waals surface area contributed by atoms with E-state index < -0.39 is 29.7 Å². The molecule has 35 heavy (non-hydrogen) atoms. The zero-order chi connectivity index (χ0) is 24.3. The Morgan fingerprint density at radius 1 is 1.14 bits per heavy atom. The van der Waals surface area contributed by atoms with E-state index in [1.165, 1.54) is 6.20 Å². The van der Waals surface area contributed by atoms with Gasteiger partial charge in [-0.1, -0.05) is 11.6 Å². The van der Waals surface area contributed by atoms with Gasteiger partial charge >= 0.3 is 5.97 Å². The predicted octanol–water partition coefficient (Wildman–Crippen LogP) is 5.38. The monoisotopic (exact) mass is 516 g/mol. The number of carboxylic acid groups (broad SMARTS) is 1. The van der Waals surface area contributed by atoms with Gasteiger partial charge in [-0.15, -0.1) is 11.3 Å². The van der Waals surface area contributed by atoms with Gasteiger partial charge in [-0.2, -0.15) is 4.39 Å². The van der Waals surface area contributed by atoms with Crippen LogP contribution in [0.2, 0.25) is 4.34 Å². The number of halogens is 3. The first-order valence-corrected chi connectivity index (χ1v) is 12.4. The van der Waals surface area contributed by atoms with Gasteiger partial charge in [0.05, 0.1) is 26.9 Å². The summed E-state index contributed by atoms with van der Waals surface area (Å²) in [5.74, 6) is -2.84. The number of hydrogen-bond acceptors (Lipinski definition) is 7. The zero-order valence-electron chi connectivity index (χ0n) is 18.1. The minimum atomic E-state index is -0.890. The van der Waals surface area contributed by atoms with Gasteiger partial charge in [0.1, 0.15) is 11.2 Å². The highest BCUT2D eigenvalue weighted by atomic mass is 35.5. The van der Waals surface area contributed by atoms with E-state index in [9.17, 15) is 14.3 Å². The van der Waals surface area contributed by atoms with Crippen molar-refractivity contribution in [1.82, 2.24) is 24.9 Å². The van der Waals surface area contributed by atoms with Crippen LogP contribution < -0.4 is 5.32 Å². The Bertz CT molecular complexity index is 1450. The second-order valence-electron chi connectivity index (χ2n) is 8.96. The van der Waals surface area contributed by atoms with Gasteiger partial charge in [-0.05, 0) is 49.7 Å². The molecule has 4 aromatic heterocycles. The third-order valence-electron chi connectivity index (χ3n) is 7.06. The lowest BCUT2D eigenvalue weighted by molar-refractivity contribution is -0.148. The summed E-state index contributed by atoms with van der Waals surface area (Å²) in [7, 11) is 0. The van der Waals surface area contributed by atoms with E-state index in [-0.39, 0.29) is 34.7 Å². The third-order valence-corrected chi connectivity index (χ3v) is 8.30. The normalized spacial score (nSPS) is 23.6. The van der Waals surface area contributed by atoms with Crippen molar-refractivity contribution in [2.24, 2.45) is 17.8 Å². The van der Waals surface area contributed by atoms with E-state index in [0.29, 0.717) is 20.4 Å². The highest BCUT2D eigenvalue weighted by Gasteiger charge is 2.47. The average molecular weight is 517 g/mol. The molecule has 3 fully saturated rings. The first-order chi connectivity index (χ1) is 16.9. The molecule has 0 amide bonds. The Morgan fingerprint density at radius 2 is 1.91 bits per heavy atom. The Labute approximate surface area is 206 Å². The molecular formula is C23H19ClF2N6O2S. The number of thiophene rings is 1. The van der Waals surface area contributed by atoms with Crippen molar-refractivity contribution < 1.29 is 18.7 Å². The summed E-state index contributed by atoms with van der Waals surface area (Å²) in [6.07, 6.45) is 6.01. The molecule has 3 aliphatic carbocycles. The summed E-state index contributed by atoms with van der Waals surface area (Å²) in [6, 6.07) is 2.84. The van der Waals surface area contributed by atoms with Crippen LogP contribution >= 0.6 is 22.9 Å². The van der Waals surface area contributed by atoms with Crippen molar-refractivity contribution in [3.63, 3.8) is 0 Å². The SMILES string of the molecule is O=C(O)C1C2CCC(CC2)C1Nc1nc(-c2c[nH]c3ncc(F)nc23)nc(-c2ccc(Cl)s2)c1F.